The van der Waals surface area contributed by atoms with Crippen molar-refractivity contribution in [3.8, 4) is 0 Å². The number of methoxy groups -OCH3 is 1. The summed E-state index contributed by atoms with van der Waals surface area (Å²) in [5.41, 5.74) is 2.21. The lowest BCUT2D eigenvalue weighted by Gasteiger charge is -2.24. The minimum absolute atomic E-state index is 0.00936. The van der Waals surface area contributed by atoms with E-state index in [0.717, 1.165) is 56.9 Å². The Bertz CT molecular complexity index is 762. The molecule has 0 aliphatic heterocycles. The zero-order chi connectivity index (χ0) is 24.2. The normalized spacial score (nSPS) is 23.5. The van der Waals surface area contributed by atoms with E-state index >= 15 is 0 Å². The van der Waals surface area contributed by atoms with E-state index in [9.17, 15) is 9.59 Å². The average Bonchev–Trinajstić information content (AvgIpc) is 3.07. The van der Waals surface area contributed by atoms with E-state index in [2.05, 4.69) is 48.1 Å². The first kappa shape index (κ1) is 27.7. The standard InChI is InChI=1S/C27H38Cl2O4/c1-4-5-8-12-25(33-19(2)30)20-14-16-21(17-15-20)27-22(23(28)18-24(27)29)11-9-6-7-10-13-26(31)32-3/h6,9,14-17,22-25,27H,4-5,7-8,10-13,18H2,1-3H3/b9-6-/t22-,23?,24?,25?,27?/m0/s1. The molecule has 1 fully saturated rings. The summed E-state index contributed by atoms with van der Waals surface area (Å²) >= 11 is 13.4. The molecule has 0 heterocycles. The number of esters is 2. The third-order valence-electron chi connectivity index (χ3n) is 6.39. The van der Waals surface area contributed by atoms with Gasteiger partial charge in [0, 0.05) is 30.0 Å². The number of allylic oxidation sites excluding steroid dienone is 2. The Kier molecular flexibility index (Phi) is 12.3. The Morgan fingerprint density at radius 3 is 2.45 bits per heavy atom. The van der Waals surface area contributed by atoms with Gasteiger partial charge in [-0.15, -0.1) is 23.2 Å². The molecule has 4 unspecified atom stereocenters. The van der Waals surface area contributed by atoms with E-state index in [1.165, 1.54) is 19.6 Å². The Labute approximate surface area is 209 Å². The molecule has 0 saturated heterocycles. The minimum Gasteiger partial charge on any atom is -0.469 e. The highest BCUT2D eigenvalue weighted by Gasteiger charge is 2.41. The molecule has 5 atom stereocenters. The van der Waals surface area contributed by atoms with Gasteiger partial charge in [-0.2, -0.15) is 0 Å². The number of benzene rings is 1. The number of carbonyl (C=O) groups excluding carboxylic acids is 2. The number of rotatable bonds is 13. The first-order chi connectivity index (χ1) is 15.9. The van der Waals surface area contributed by atoms with Gasteiger partial charge in [0.05, 0.1) is 7.11 Å². The fraction of sp³-hybridized carbons (Fsp3) is 0.630. The fourth-order valence-electron chi connectivity index (χ4n) is 4.62. The fourth-order valence-corrected chi connectivity index (χ4v) is 5.69. The highest BCUT2D eigenvalue weighted by Crippen LogP contribution is 2.47. The summed E-state index contributed by atoms with van der Waals surface area (Å²) in [6, 6.07) is 8.38. The van der Waals surface area contributed by atoms with E-state index in [1.807, 2.05) is 0 Å². The van der Waals surface area contributed by atoms with E-state index < -0.39 is 0 Å². The lowest BCUT2D eigenvalue weighted by Crippen LogP contribution is -2.16. The van der Waals surface area contributed by atoms with Crippen LogP contribution in [0.4, 0.5) is 0 Å². The molecule has 0 spiro atoms. The number of halogens is 2. The van der Waals surface area contributed by atoms with Crippen molar-refractivity contribution in [2.24, 2.45) is 5.92 Å². The number of hydrogen-bond acceptors (Lipinski definition) is 4. The predicted molar refractivity (Wildman–Crippen MR) is 135 cm³/mol. The van der Waals surface area contributed by atoms with E-state index in [4.69, 9.17) is 27.9 Å². The molecule has 33 heavy (non-hydrogen) atoms. The summed E-state index contributed by atoms with van der Waals surface area (Å²) in [5, 5.41) is 0.0182. The van der Waals surface area contributed by atoms with Gasteiger partial charge in [0.1, 0.15) is 6.10 Å². The van der Waals surface area contributed by atoms with Crippen molar-refractivity contribution in [3.63, 3.8) is 0 Å². The number of unbranched alkanes of at least 4 members (excludes halogenated alkanes) is 3. The van der Waals surface area contributed by atoms with Gasteiger partial charge in [-0.1, -0.05) is 56.2 Å². The van der Waals surface area contributed by atoms with Crippen molar-refractivity contribution >= 4 is 35.1 Å². The highest BCUT2D eigenvalue weighted by molar-refractivity contribution is 6.25. The largest absolute Gasteiger partial charge is 0.469 e. The second-order valence-electron chi connectivity index (χ2n) is 8.89. The molecule has 6 heteroatoms. The van der Waals surface area contributed by atoms with Crippen molar-refractivity contribution in [2.45, 2.75) is 94.4 Å². The van der Waals surface area contributed by atoms with Crippen LogP contribution in [-0.2, 0) is 19.1 Å². The smallest absolute Gasteiger partial charge is 0.305 e. The number of alkyl halides is 2. The summed E-state index contributed by atoms with van der Waals surface area (Å²) < 4.78 is 10.3. The number of ether oxygens (including phenoxy) is 2. The third-order valence-corrected chi connectivity index (χ3v) is 7.34. The summed E-state index contributed by atoms with van der Waals surface area (Å²) in [6.07, 6.45) is 11.9. The van der Waals surface area contributed by atoms with Crippen LogP contribution in [0.5, 0.6) is 0 Å². The van der Waals surface area contributed by atoms with E-state index in [1.54, 1.807) is 0 Å². The zero-order valence-electron chi connectivity index (χ0n) is 20.1. The van der Waals surface area contributed by atoms with Crippen molar-refractivity contribution < 1.29 is 19.1 Å². The van der Waals surface area contributed by atoms with Gasteiger partial charge in [-0.05, 0) is 55.6 Å². The van der Waals surface area contributed by atoms with E-state index in [-0.39, 0.29) is 40.6 Å². The molecule has 1 aromatic carbocycles. The van der Waals surface area contributed by atoms with Gasteiger partial charge >= 0.3 is 11.9 Å². The topological polar surface area (TPSA) is 52.6 Å². The van der Waals surface area contributed by atoms with Crippen molar-refractivity contribution in [2.75, 3.05) is 7.11 Å². The quantitative estimate of drug-likeness (QED) is 0.123. The number of hydrogen-bond donors (Lipinski definition) is 0. The second-order valence-corrected chi connectivity index (χ2v) is 10.0. The molecular weight excluding hydrogens is 459 g/mol. The first-order valence-corrected chi connectivity index (χ1v) is 13.0. The first-order valence-electron chi connectivity index (χ1n) is 12.1. The molecule has 0 N–H and O–H groups in total. The third kappa shape index (κ3) is 8.98. The maximum absolute atomic E-state index is 11.6. The average molecular weight is 498 g/mol. The monoisotopic (exact) mass is 496 g/mol. The molecule has 1 aliphatic rings. The molecule has 0 aromatic heterocycles. The maximum Gasteiger partial charge on any atom is 0.305 e. The lowest BCUT2D eigenvalue weighted by atomic mass is 9.85. The van der Waals surface area contributed by atoms with Crippen LogP contribution >= 0.6 is 23.2 Å². The number of carbonyl (C=O) groups is 2. The Morgan fingerprint density at radius 1 is 1.09 bits per heavy atom. The van der Waals surface area contributed by atoms with Crippen molar-refractivity contribution in [1.29, 1.82) is 0 Å². The molecule has 184 valence electrons. The summed E-state index contributed by atoms with van der Waals surface area (Å²) in [5.74, 6) is 0.0105. The molecule has 0 radical (unpaired) electrons. The Balaban J connectivity index is 2.03. The van der Waals surface area contributed by atoms with Crippen LogP contribution in [0, 0.1) is 5.92 Å². The van der Waals surface area contributed by atoms with Gasteiger partial charge in [0.25, 0.3) is 0 Å². The van der Waals surface area contributed by atoms with Gasteiger partial charge in [-0.3, -0.25) is 9.59 Å². The van der Waals surface area contributed by atoms with Crippen LogP contribution in [0.1, 0.15) is 94.8 Å². The van der Waals surface area contributed by atoms with Crippen LogP contribution in [0.15, 0.2) is 36.4 Å². The summed E-state index contributed by atoms with van der Waals surface area (Å²) in [4.78, 5) is 22.8. The van der Waals surface area contributed by atoms with Crippen LogP contribution < -0.4 is 0 Å². The van der Waals surface area contributed by atoms with Gasteiger partial charge < -0.3 is 9.47 Å². The minimum atomic E-state index is -0.249. The van der Waals surface area contributed by atoms with Crippen LogP contribution in [-0.4, -0.2) is 29.8 Å². The molecule has 1 aromatic rings. The SMILES string of the molecule is CCCCCC(OC(C)=O)c1ccc(C2C(Cl)CC(Cl)[C@@H]2C/C=C\CCCC(=O)OC)cc1. The molecular formula is C27H38Cl2O4. The second kappa shape index (κ2) is 14.7. The molecule has 4 nitrogen and oxygen atoms in total. The van der Waals surface area contributed by atoms with Crippen molar-refractivity contribution in [1.82, 2.24) is 0 Å². The van der Waals surface area contributed by atoms with E-state index in [0.29, 0.717) is 6.42 Å². The zero-order valence-corrected chi connectivity index (χ0v) is 21.6. The van der Waals surface area contributed by atoms with Gasteiger partial charge in [-0.25, -0.2) is 0 Å². The van der Waals surface area contributed by atoms with Crippen LogP contribution in [0.2, 0.25) is 0 Å². The predicted octanol–water partition coefficient (Wildman–Crippen LogP) is 7.48. The molecule has 0 amide bonds. The summed E-state index contributed by atoms with van der Waals surface area (Å²) in [6.45, 7) is 3.63. The summed E-state index contributed by atoms with van der Waals surface area (Å²) in [7, 11) is 1.41. The highest BCUT2D eigenvalue weighted by atomic mass is 35.5. The van der Waals surface area contributed by atoms with Crippen LogP contribution in [0.3, 0.4) is 0 Å². The molecule has 1 aliphatic carbocycles. The lowest BCUT2D eigenvalue weighted by molar-refractivity contribution is -0.147. The Morgan fingerprint density at radius 2 is 1.82 bits per heavy atom. The molecule has 0 bridgehead atoms. The van der Waals surface area contributed by atoms with Crippen LogP contribution in [0.25, 0.3) is 0 Å². The Hall–Kier alpha value is -1.52. The molecule has 1 saturated carbocycles. The van der Waals surface area contributed by atoms with Gasteiger partial charge in [0.15, 0.2) is 0 Å². The van der Waals surface area contributed by atoms with Crippen molar-refractivity contribution in [3.05, 3.63) is 47.5 Å². The van der Waals surface area contributed by atoms with Gasteiger partial charge in [0.2, 0.25) is 0 Å². The maximum atomic E-state index is 11.6. The molecule has 2 rings (SSSR count).